The Morgan fingerprint density at radius 2 is 1.91 bits per heavy atom. The Hall–Kier alpha value is -2.07. The summed E-state index contributed by atoms with van der Waals surface area (Å²) in [6.07, 6.45) is 5.22. The maximum atomic E-state index is 11.8. The topological polar surface area (TPSA) is 39.4 Å². The van der Waals surface area contributed by atoms with Crippen molar-refractivity contribution < 1.29 is 13.9 Å². The minimum Gasteiger partial charge on any atom is -0.457 e. The minimum absolute atomic E-state index is 0.315. The molecule has 2 heterocycles. The molecule has 1 aliphatic rings. The number of esters is 1. The molecule has 0 saturated heterocycles. The maximum absolute atomic E-state index is 11.8. The molecule has 3 rings (SSSR count). The van der Waals surface area contributed by atoms with Gasteiger partial charge in [-0.2, -0.15) is 0 Å². The summed E-state index contributed by atoms with van der Waals surface area (Å²) in [7, 11) is 0. The highest BCUT2D eigenvalue weighted by Crippen LogP contribution is 2.27. The molecule has 0 radical (unpaired) electrons. The molecule has 1 aromatic carbocycles. The maximum Gasteiger partial charge on any atom is 0.343 e. The summed E-state index contributed by atoms with van der Waals surface area (Å²) in [6.45, 7) is 2.05. The van der Waals surface area contributed by atoms with Gasteiger partial charge in [-0.15, -0.1) is 0 Å². The number of carbonyl (C=O) groups is 1. The van der Waals surface area contributed by atoms with Crippen molar-refractivity contribution in [3.05, 3.63) is 64.0 Å². The van der Waals surface area contributed by atoms with Gasteiger partial charge in [0.2, 0.25) is 0 Å². The predicted octanol–water partition coefficient (Wildman–Crippen LogP) is 5.33. The van der Waals surface area contributed by atoms with E-state index in [4.69, 9.17) is 9.15 Å². The second-order valence-corrected chi connectivity index (χ2v) is 5.97. The number of hydrogen-bond donors (Lipinski definition) is 0. The highest BCUT2D eigenvalue weighted by atomic mass is 79.9. The van der Waals surface area contributed by atoms with E-state index in [-0.39, 0.29) is 5.97 Å². The van der Waals surface area contributed by atoms with E-state index in [1.807, 2.05) is 43.3 Å². The molecule has 0 fully saturated rings. The first-order valence-corrected chi connectivity index (χ1v) is 7.95. The van der Waals surface area contributed by atoms with Gasteiger partial charge in [-0.05, 0) is 42.8 Å². The lowest BCUT2D eigenvalue weighted by atomic mass is 10.2. The lowest BCUT2D eigenvalue weighted by Crippen LogP contribution is -1.96. The molecule has 0 aliphatic carbocycles. The first kappa shape index (κ1) is 14.9. The van der Waals surface area contributed by atoms with Crippen LogP contribution in [0, 0.1) is 0 Å². The van der Waals surface area contributed by atoms with Gasteiger partial charge in [0, 0.05) is 16.5 Å². The summed E-state index contributed by atoms with van der Waals surface area (Å²) in [5.41, 5.74) is 1.52. The van der Waals surface area contributed by atoms with E-state index >= 15 is 0 Å². The van der Waals surface area contributed by atoms with Crippen molar-refractivity contribution in [1.29, 1.82) is 0 Å². The number of halogens is 1. The zero-order valence-corrected chi connectivity index (χ0v) is 13.7. The van der Waals surface area contributed by atoms with Crippen LogP contribution in [0.4, 0.5) is 0 Å². The van der Waals surface area contributed by atoms with Crippen molar-refractivity contribution in [3.63, 3.8) is 0 Å². The van der Waals surface area contributed by atoms with Crippen LogP contribution in [0.1, 0.15) is 25.5 Å². The van der Waals surface area contributed by atoms with E-state index in [1.165, 1.54) is 0 Å². The molecule has 0 bridgehead atoms. The number of hydrogen-bond acceptors (Lipinski definition) is 3. The van der Waals surface area contributed by atoms with Gasteiger partial charge in [0.1, 0.15) is 17.3 Å². The summed E-state index contributed by atoms with van der Waals surface area (Å²) in [4.78, 5) is 11.8. The smallest absolute Gasteiger partial charge is 0.343 e. The van der Waals surface area contributed by atoms with Gasteiger partial charge in [0.15, 0.2) is 0 Å². The van der Waals surface area contributed by atoms with Crippen LogP contribution in [-0.4, -0.2) is 5.97 Å². The molecule has 1 aromatic heterocycles. The third kappa shape index (κ3) is 3.22. The van der Waals surface area contributed by atoms with E-state index in [9.17, 15) is 4.79 Å². The molecular formula is C18H15BrO3. The Morgan fingerprint density at radius 1 is 1.14 bits per heavy atom. The standard InChI is InChI=1S/C18H15BrO3/c1-2-3-15-10-13(18(20)22-15)11-16-8-9-17(21-16)12-4-6-14(19)7-5-12/h4-11H,2-3H2,1H3. The Morgan fingerprint density at radius 3 is 2.64 bits per heavy atom. The van der Waals surface area contributed by atoms with E-state index in [0.29, 0.717) is 11.3 Å². The van der Waals surface area contributed by atoms with Crippen LogP contribution < -0.4 is 0 Å². The Balaban J connectivity index is 1.84. The SMILES string of the molecule is CCCC1=CC(=Cc2ccc(-c3ccc(Br)cc3)o2)C(=O)O1. The second-order valence-electron chi connectivity index (χ2n) is 5.06. The molecule has 0 unspecified atom stereocenters. The molecule has 2 aromatic rings. The number of cyclic esters (lactones) is 1. The summed E-state index contributed by atoms with van der Waals surface area (Å²) in [6, 6.07) is 11.6. The third-order valence-corrected chi connectivity index (χ3v) is 3.85. The molecule has 0 saturated carbocycles. The summed E-state index contributed by atoms with van der Waals surface area (Å²) in [5, 5.41) is 0. The van der Waals surface area contributed by atoms with Crippen LogP contribution >= 0.6 is 15.9 Å². The van der Waals surface area contributed by atoms with Crippen molar-refractivity contribution in [1.82, 2.24) is 0 Å². The Bertz CT molecular complexity index is 751. The van der Waals surface area contributed by atoms with Crippen LogP contribution in [0.25, 0.3) is 17.4 Å². The fourth-order valence-corrected chi connectivity index (χ4v) is 2.53. The van der Waals surface area contributed by atoms with Crippen LogP contribution in [0.5, 0.6) is 0 Å². The Kier molecular flexibility index (Phi) is 4.29. The van der Waals surface area contributed by atoms with Gasteiger partial charge in [-0.25, -0.2) is 4.79 Å². The lowest BCUT2D eigenvalue weighted by Gasteiger charge is -1.97. The molecule has 4 heteroatoms. The number of allylic oxidation sites excluding steroid dienone is 1. The molecule has 112 valence electrons. The molecular weight excluding hydrogens is 344 g/mol. The van der Waals surface area contributed by atoms with Gasteiger partial charge in [-0.3, -0.25) is 0 Å². The van der Waals surface area contributed by atoms with Crippen LogP contribution in [0.15, 0.2) is 62.7 Å². The van der Waals surface area contributed by atoms with Crippen molar-refractivity contribution in [2.75, 3.05) is 0 Å². The number of benzene rings is 1. The quantitative estimate of drug-likeness (QED) is 0.547. The lowest BCUT2D eigenvalue weighted by molar-refractivity contribution is -0.133. The zero-order chi connectivity index (χ0) is 15.5. The van der Waals surface area contributed by atoms with Crippen molar-refractivity contribution in [2.45, 2.75) is 19.8 Å². The van der Waals surface area contributed by atoms with Crippen molar-refractivity contribution in [2.24, 2.45) is 0 Å². The van der Waals surface area contributed by atoms with Gasteiger partial charge in [0.25, 0.3) is 0 Å². The first-order valence-electron chi connectivity index (χ1n) is 7.16. The average molecular weight is 359 g/mol. The van der Waals surface area contributed by atoms with Crippen LogP contribution in [0.2, 0.25) is 0 Å². The van der Waals surface area contributed by atoms with E-state index in [2.05, 4.69) is 15.9 Å². The van der Waals surface area contributed by atoms with Gasteiger partial charge >= 0.3 is 5.97 Å². The van der Waals surface area contributed by atoms with E-state index in [0.717, 1.165) is 34.4 Å². The number of furan rings is 1. The summed E-state index contributed by atoms with van der Waals surface area (Å²) < 4.78 is 12.0. The van der Waals surface area contributed by atoms with E-state index in [1.54, 1.807) is 12.2 Å². The predicted molar refractivity (Wildman–Crippen MR) is 88.9 cm³/mol. The van der Waals surface area contributed by atoms with Gasteiger partial charge < -0.3 is 9.15 Å². The first-order chi connectivity index (χ1) is 10.7. The molecule has 0 atom stereocenters. The third-order valence-electron chi connectivity index (χ3n) is 3.33. The molecule has 0 amide bonds. The second kappa shape index (κ2) is 6.36. The van der Waals surface area contributed by atoms with Gasteiger partial charge in [0.05, 0.1) is 5.57 Å². The van der Waals surface area contributed by atoms with Crippen LogP contribution in [0.3, 0.4) is 0 Å². The summed E-state index contributed by atoms with van der Waals surface area (Å²) in [5.74, 6) is 1.81. The molecule has 3 nitrogen and oxygen atoms in total. The number of ether oxygens (including phenoxy) is 1. The molecule has 1 aliphatic heterocycles. The fraction of sp³-hybridized carbons (Fsp3) is 0.167. The molecule has 0 N–H and O–H groups in total. The minimum atomic E-state index is -0.315. The van der Waals surface area contributed by atoms with Crippen molar-refractivity contribution >= 4 is 28.0 Å². The number of rotatable bonds is 4. The normalized spacial score (nSPS) is 16.0. The number of carbonyl (C=O) groups excluding carboxylic acids is 1. The average Bonchev–Trinajstić information content (AvgIpc) is 3.08. The highest BCUT2D eigenvalue weighted by Gasteiger charge is 2.20. The van der Waals surface area contributed by atoms with E-state index < -0.39 is 0 Å². The zero-order valence-electron chi connectivity index (χ0n) is 12.1. The van der Waals surface area contributed by atoms with Crippen LogP contribution in [-0.2, 0) is 9.53 Å². The summed E-state index contributed by atoms with van der Waals surface area (Å²) >= 11 is 3.41. The Labute approximate surface area is 137 Å². The van der Waals surface area contributed by atoms with Crippen molar-refractivity contribution in [3.8, 4) is 11.3 Å². The molecule has 0 spiro atoms. The largest absolute Gasteiger partial charge is 0.457 e. The fourth-order valence-electron chi connectivity index (χ4n) is 2.26. The molecule has 22 heavy (non-hydrogen) atoms. The van der Waals surface area contributed by atoms with Gasteiger partial charge in [-0.1, -0.05) is 35.0 Å². The highest BCUT2D eigenvalue weighted by molar-refractivity contribution is 9.10. The monoisotopic (exact) mass is 358 g/mol.